The van der Waals surface area contributed by atoms with Crippen LogP contribution >= 0.6 is 0 Å². The summed E-state index contributed by atoms with van der Waals surface area (Å²) in [4.78, 5) is 0.0610. The largest absolute Gasteiger partial charge is 1.00 e. The molecule has 0 spiro atoms. The molecule has 0 amide bonds. The predicted octanol–water partition coefficient (Wildman–Crippen LogP) is 2.51. The van der Waals surface area contributed by atoms with E-state index in [0.29, 0.717) is 6.42 Å². The molecule has 1 aromatic carbocycles. The van der Waals surface area contributed by atoms with Crippen LogP contribution in [0, 0.1) is 0 Å². The number of rotatable bonds is 12. The Morgan fingerprint density at radius 3 is 1.87 bits per heavy atom. The number of hydrogen-bond acceptors (Lipinski definition) is 2. The van der Waals surface area contributed by atoms with Crippen molar-refractivity contribution in [3.05, 3.63) is 29.8 Å². The van der Waals surface area contributed by atoms with E-state index in [0.717, 1.165) is 18.4 Å². The third-order valence-electron chi connectivity index (χ3n) is 4.05. The fourth-order valence-electron chi connectivity index (χ4n) is 2.76. The van der Waals surface area contributed by atoms with Gasteiger partial charge in [-0.1, -0.05) is 82.9 Å². The van der Waals surface area contributed by atoms with Gasteiger partial charge in [-0.25, -0.2) is 0 Å². The monoisotopic (exact) mass is 366 g/mol. The Balaban J connectivity index is 0. The predicted molar refractivity (Wildman–Crippen MR) is 92.9 cm³/mol. The first-order valence-corrected chi connectivity index (χ1v) is 10.0. The molecule has 0 fully saturated rings. The molecule has 1 N–H and O–H groups in total. The minimum atomic E-state index is -4.10. The summed E-state index contributed by atoms with van der Waals surface area (Å²) >= 11 is 0. The minimum Gasteiger partial charge on any atom is -1.00 e. The Morgan fingerprint density at radius 2 is 1.35 bits per heavy atom. The molecular formula is C18H31KO3S. The van der Waals surface area contributed by atoms with Gasteiger partial charge < -0.3 is 1.43 Å². The molecule has 0 aliphatic rings. The number of benzene rings is 1. The zero-order valence-electron chi connectivity index (χ0n) is 15.8. The minimum absolute atomic E-state index is 0. The molecule has 1 rings (SSSR count). The molecule has 0 unspecified atom stereocenters. The van der Waals surface area contributed by atoms with Gasteiger partial charge in [0.2, 0.25) is 0 Å². The normalized spacial score (nSPS) is 11.2. The second kappa shape index (κ2) is 14.0. The summed E-state index contributed by atoms with van der Waals surface area (Å²) in [7, 11) is -4.10. The van der Waals surface area contributed by atoms with Crippen molar-refractivity contribution in [2.24, 2.45) is 0 Å². The van der Waals surface area contributed by atoms with Crippen molar-refractivity contribution in [3.63, 3.8) is 0 Å². The van der Waals surface area contributed by atoms with Crippen molar-refractivity contribution in [1.82, 2.24) is 0 Å². The summed E-state index contributed by atoms with van der Waals surface area (Å²) in [5, 5.41) is 0. The summed E-state index contributed by atoms with van der Waals surface area (Å²) in [6, 6.07) is 6.73. The molecular weight excluding hydrogens is 335 g/mol. The quantitative estimate of drug-likeness (QED) is 0.351. The molecule has 0 atom stereocenters. The van der Waals surface area contributed by atoms with Gasteiger partial charge in [-0.05, 0) is 24.5 Å². The molecule has 0 bridgehead atoms. The maximum absolute atomic E-state index is 11.3. The molecule has 0 aliphatic heterocycles. The molecule has 0 saturated carbocycles. The molecule has 0 heterocycles. The average molecular weight is 367 g/mol. The van der Waals surface area contributed by atoms with Crippen LogP contribution in [0.5, 0.6) is 0 Å². The molecule has 3 nitrogen and oxygen atoms in total. The van der Waals surface area contributed by atoms with Crippen LogP contribution in [-0.4, -0.2) is 13.0 Å². The van der Waals surface area contributed by atoms with E-state index in [9.17, 15) is 13.0 Å². The summed E-state index contributed by atoms with van der Waals surface area (Å²) in [5.74, 6) is 0. The van der Waals surface area contributed by atoms with E-state index in [4.69, 9.17) is 0 Å². The van der Waals surface area contributed by atoms with Gasteiger partial charge in [0.1, 0.15) is 0 Å². The van der Waals surface area contributed by atoms with Crippen molar-refractivity contribution >= 4 is 10.1 Å². The van der Waals surface area contributed by atoms with Crippen LogP contribution in [0.3, 0.4) is 0 Å². The van der Waals surface area contributed by atoms with Gasteiger partial charge in [0.15, 0.2) is 0 Å². The van der Waals surface area contributed by atoms with Gasteiger partial charge in [-0.2, -0.15) is 8.42 Å². The summed E-state index contributed by atoms with van der Waals surface area (Å²) < 4.78 is 31.8. The van der Waals surface area contributed by atoms with Gasteiger partial charge in [0.05, 0.1) is 4.90 Å². The van der Waals surface area contributed by atoms with Crippen LogP contribution in [0.4, 0.5) is 0 Å². The van der Waals surface area contributed by atoms with E-state index in [1.165, 1.54) is 57.4 Å². The van der Waals surface area contributed by atoms with E-state index in [1.807, 2.05) is 6.07 Å². The van der Waals surface area contributed by atoms with Gasteiger partial charge in [0, 0.05) is 0 Å². The van der Waals surface area contributed by atoms with Gasteiger partial charge >= 0.3 is 51.4 Å². The van der Waals surface area contributed by atoms with E-state index in [1.54, 1.807) is 12.1 Å². The van der Waals surface area contributed by atoms with Crippen molar-refractivity contribution in [2.45, 2.75) is 82.4 Å². The first-order chi connectivity index (χ1) is 10.6. The standard InChI is InChI=1S/C18H30O3S.K.H/c1-2-3-4-5-6-7-8-9-10-11-14-17-15-12-13-16-18(17)22(19,20)21;;/h12-13,15-16H,2-11,14H2,1H3,(H,19,20,21);;/q;+1;-1. The number of aryl methyl sites for hydroxylation is 1. The maximum atomic E-state index is 11.3. The topological polar surface area (TPSA) is 54.4 Å². The van der Waals surface area contributed by atoms with E-state index in [2.05, 4.69) is 6.92 Å². The van der Waals surface area contributed by atoms with Gasteiger partial charge in [-0.3, -0.25) is 4.55 Å². The second-order valence-electron chi connectivity index (χ2n) is 6.01. The number of hydrogen-bond donors (Lipinski definition) is 1. The first-order valence-electron chi connectivity index (χ1n) is 8.61. The van der Waals surface area contributed by atoms with Gasteiger partial charge in [0.25, 0.3) is 10.1 Å². The zero-order valence-corrected chi connectivity index (χ0v) is 18.7. The van der Waals surface area contributed by atoms with Crippen LogP contribution in [-0.2, 0) is 16.5 Å². The molecule has 0 radical (unpaired) electrons. The fourth-order valence-corrected chi connectivity index (χ4v) is 3.52. The average Bonchev–Trinajstić information content (AvgIpc) is 2.48. The number of unbranched alkanes of at least 4 members (excludes halogenated alkanes) is 9. The Morgan fingerprint density at radius 1 is 0.870 bits per heavy atom. The zero-order chi connectivity index (χ0) is 16.3. The molecule has 128 valence electrons. The third kappa shape index (κ3) is 11.1. The van der Waals surface area contributed by atoms with Crippen molar-refractivity contribution in [3.8, 4) is 0 Å². The maximum Gasteiger partial charge on any atom is 1.00 e. The van der Waals surface area contributed by atoms with Crippen LogP contribution in [0.25, 0.3) is 0 Å². The van der Waals surface area contributed by atoms with Crippen LogP contribution in [0.1, 0.15) is 78.1 Å². The van der Waals surface area contributed by atoms with Crippen molar-refractivity contribution in [2.75, 3.05) is 0 Å². The molecule has 0 aliphatic carbocycles. The van der Waals surface area contributed by atoms with Crippen molar-refractivity contribution < 1.29 is 65.8 Å². The van der Waals surface area contributed by atoms with E-state index >= 15 is 0 Å². The van der Waals surface area contributed by atoms with Crippen LogP contribution in [0.2, 0.25) is 0 Å². The Labute approximate surface area is 186 Å². The summed E-state index contributed by atoms with van der Waals surface area (Å²) in [5.41, 5.74) is 0.726. The third-order valence-corrected chi connectivity index (χ3v) is 5.00. The Bertz CT molecular complexity index is 521. The molecule has 1 aromatic rings. The van der Waals surface area contributed by atoms with Crippen LogP contribution < -0.4 is 51.4 Å². The Kier molecular flexibility index (Phi) is 14.5. The fraction of sp³-hybridized carbons (Fsp3) is 0.667. The van der Waals surface area contributed by atoms with E-state index in [-0.39, 0.29) is 57.7 Å². The van der Waals surface area contributed by atoms with Gasteiger partial charge in [-0.15, -0.1) is 0 Å². The Hall–Kier alpha value is 0.766. The molecule has 5 heteroatoms. The molecule has 0 aromatic heterocycles. The second-order valence-corrected chi connectivity index (χ2v) is 7.40. The van der Waals surface area contributed by atoms with Crippen LogP contribution in [0.15, 0.2) is 29.2 Å². The SMILES string of the molecule is CCCCCCCCCCCCc1ccccc1S(=O)(=O)O.[H-].[K+]. The smallest absolute Gasteiger partial charge is 1.00 e. The summed E-state index contributed by atoms with van der Waals surface area (Å²) in [6.07, 6.45) is 13.3. The summed E-state index contributed by atoms with van der Waals surface area (Å²) in [6.45, 7) is 2.24. The van der Waals surface area contributed by atoms with E-state index < -0.39 is 10.1 Å². The van der Waals surface area contributed by atoms with Crippen molar-refractivity contribution in [1.29, 1.82) is 0 Å². The molecule has 23 heavy (non-hydrogen) atoms. The molecule has 0 saturated heterocycles. The first kappa shape index (κ1) is 23.8.